The van der Waals surface area contributed by atoms with Crippen molar-refractivity contribution >= 4 is 23.3 Å². The molecule has 1 aliphatic heterocycles. The van der Waals surface area contributed by atoms with Gasteiger partial charge < -0.3 is 9.80 Å². The van der Waals surface area contributed by atoms with Gasteiger partial charge in [0, 0.05) is 43.4 Å². The van der Waals surface area contributed by atoms with E-state index < -0.39 is 0 Å². The topological polar surface area (TPSA) is 39.7 Å². The molecule has 0 radical (unpaired) electrons. The molecule has 1 fully saturated rings. The van der Waals surface area contributed by atoms with Crippen molar-refractivity contribution < 1.29 is 4.79 Å². The number of piperazine rings is 1. The molecule has 0 aliphatic carbocycles. The Morgan fingerprint density at radius 3 is 2.46 bits per heavy atom. The number of carbonyl (C=O) groups excluding carboxylic acids is 1. The predicted molar refractivity (Wildman–Crippen MR) is 106 cm³/mol. The summed E-state index contributed by atoms with van der Waals surface area (Å²) in [5, 5.41) is 0.727. The summed E-state index contributed by atoms with van der Waals surface area (Å²) in [6.45, 7) is 5.62. The first-order chi connectivity index (χ1) is 12.5. The Balaban J connectivity index is 1.51. The van der Waals surface area contributed by atoms with Gasteiger partial charge in [0.05, 0.1) is 6.54 Å². The van der Waals surface area contributed by atoms with Crippen LogP contribution in [0.25, 0.3) is 0 Å². The monoisotopic (exact) mass is 372 g/mol. The van der Waals surface area contributed by atoms with Crippen molar-refractivity contribution in [1.29, 1.82) is 0 Å². The SMILES string of the molecule is CC(c1ccc(Cl)cc1)N(C)CC(=O)N1CCN(c2ccccn2)CC1. The van der Waals surface area contributed by atoms with E-state index in [-0.39, 0.29) is 11.9 Å². The fourth-order valence-electron chi connectivity index (χ4n) is 3.17. The molecule has 6 heteroatoms. The van der Waals surface area contributed by atoms with Gasteiger partial charge in [-0.3, -0.25) is 9.69 Å². The van der Waals surface area contributed by atoms with Gasteiger partial charge in [-0.1, -0.05) is 29.8 Å². The number of anilines is 1. The smallest absolute Gasteiger partial charge is 0.236 e. The molecule has 0 spiro atoms. The Kier molecular flexibility index (Phi) is 6.12. The molecule has 0 bridgehead atoms. The van der Waals surface area contributed by atoms with E-state index in [1.807, 2.05) is 54.4 Å². The second-order valence-corrected chi connectivity index (χ2v) is 7.13. The first kappa shape index (κ1) is 18.7. The highest BCUT2D eigenvalue weighted by molar-refractivity contribution is 6.30. The van der Waals surface area contributed by atoms with Crippen LogP contribution in [0.5, 0.6) is 0 Å². The number of pyridine rings is 1. The van der Waals surface area contributed by atoms with Crippen molar-refractivity contribution in [2.24, 2.45) is 0 Å². The fraction of sp³-hybridized carbons (Fsp3) is 0.400. The van der Waals surface area contributed by atoms with Crippen molar-refractivity contribution in [3.8, 4) is 0 Å². The van der Waals surface area contributed by atoms with Crippen LogP contribution < -0.4 is 4.90 Å². The summed E-state index contributed by atoms with van der Waals surface area (Å²) >= 11 is 5.96. The van der Waals surface area contributed by atoms with Crippen LogP contribution in [0.3, 0.4) is 0 Å². The standard InChI is InChI=1S/C20H25ClN4O/c1-16(17-6-8-18(21)9-7-17)23(2)15-20(26)25-13-11-24(12-14-25)19-5-3-4-10-22-19/h3-10,16H,11-15H2,1-2H3. The number of carbonyl (C=O) groups is 1. The number of hydrogen-bond donors (Lipinski definition) is 0. The maximum Gasteiger partial charge on any atom is 0.236 e. The number of halogens is 1. The molecule has 1 unspecified atom stereocenters. The fourth-order valence-corrected chi connectivity index (χ4v) is 3.30. The summed E-state index contributed by atoms with van der Waals surface area (Å²) in [6, 6.07) is 13.9. The van der Waals surface area contributed by atoms with Gasteiger partial charge in [-0.05, 0) is 43.8 Å². The number of nitrogens with zero attached hydrogens (tertiary/aromatic N) is 4. The lowest BCUT2D eigenvalue weighted by Gasteiger charge is -2.36. The molecule has 26 heavy (non-hydrogen) atoms. The van der Waals surface area contributed by atoms with Gasteiger partial charge in [0.1, 0.15) is 5.82 Å². The molecular weight excluding hydrogens is 348 g/mol. The second-order valence-electron chi connectivity index (χ2n) is 6.70. The van der Waals surface area contributed by atoms with Crippen LogP contribution in [0.2, 0.25) is 5.02 Å². The molecule has 2 aromatic rings. The summed E-state index contributed by atoms with van der Waals surface area (Å²) < 4.78 is 0. The molecule has 0 saturated carbocycles. The van der Waals surface area contributed by atoms with E-state index in [4.69, 9.17) is 11.6 Å². The largest absolute Gasteiger partial charge is 0.353 e. The predicted octanol–water partition coefficient (Wildman–Crippen LogP) is 3.08. The van der Waals surface area contributed by atoms with Crippen LogP contribution in [0.1, 0.15) is 18.5 Å². The number of benzene rings is 1. The lowest BCUT2D eigenvalue weighted by atomic mass is 10.1. The van der Waals surface area contributed by atoms with Crippen LogP contribution in [0.15, 0.2) is 48.7 Å². The minimum atomic E-state index is 0.158. The third-order valence-corrected chi connectivity index (χ3v) is 5.26. The molecule has 1 saturated heterocycles. The van der Waals surface area contributed by atoms with Gasteiger partial charge in [-0.2, -0.15) is 0 Å². The van der Waals surface area contributed by atoms with Crippen LogP contribution in [0, 0.1) is 0 Å². The molecule has 5 nitrogen and oxygen atoms in total. The molecule has 0 N–H and O–H groups in total. The van der Waals surface area contributed by atoms with Gasteiger partial charge in [0.2, 0.25) is 5.91 Å². The van der Waals surface area contributed by atoms with Crippen molar-refractivity contribution in [2.45, 2.75) is 13.0 Å². The molecule has 3 rings (SSSR count). The minimum Gasteiger partial charge on any atom is -0.353 e. The van der Waals surface area contributed by atoms with Gasteiger partial charge in [-0.25, -0.2) is 4.98 Å². The molecule has 1 aromatic carbocycles. The summed E-state index contributed by atoms with van der Waals surface area (Å²) in [4.78, 5) is 23.3. The van der Waals surface area contributed by atoms with Crippen LogP contribution in [0.4, 0.5) is 5.82 Å². The van der Waals surface area contributed by atoms with Gasteiger partial charge in [-0.15, -0.1) is 0 Å². The lowest BCUT2D eigenvalue weighted by molar-refractivity contribution is -0.132. The second kappa shape index (κ2) is 8.52. The van der Waals surface area contributed by atoms with Crippen LogP contribution in [-0.2, 0) is 4.79 Å². The van der Waals surface area contributed by atoms with Gasteiger partial charge in [0.15, 0.2) is 0 Å². The normalized spacial score (nSPS) is 16.0. The zero-order valence-corrected chi connectivity index (χ0v) is 16.1. The highest BCUT2D eigenvalue weighted by atomic mass is 35.5. The maximum atomic E-state index is 12.7. The maximum absolute atomic E-state index is 12.7. The zero-order valence-electron chi connectivity index (χ0n) is 15.3. The number of likely N-dealkylation sites (N-methyl/N-ethyl adjacent to an activating group) is 1. The highest BCUT2D eigenvalue weighted by Gasteiger charge is 2.24. The van der Waals surface area contributed by atoms with E-state index in [0.29, 0.717) is 6.54 Å². The third kappa shape index (κ3) is 4.54. The molecule has 2 heterocycles. The van der Waals surface area contributed by atoms with Gasteiger partial charge >= 0.3 is 0 Å². The van der Waals surface area contributed by atoms with E-state index in [1.165, 1.54) is 0 Å². The first-order valence-electron chi connectivity index (χ1n) is 8.94. The van der Waals surface area contributed by atoms with Crippen LogP contribution >= 0.6 is 11.6 Å². The molecule has 1 aliphatic rings. The van der Waals surface area contributed by atoms with Crippen molar-refractivity contribution in [2.75, 3.05) is 44.7 Å². The molecule has 1 aromatic heterocycles. The van der Waals surface area contributed by atoms with Crippen molar-refractivity contribution in [1.82, 2.24) is 14.8 Å². The van der Waals surface area contributed by atoms with E-state index in [1.54, 1.807) is 6.20 Å². The van der Waals surface area contributed by atoms with Crippen LogP contribution in [-0.4, -0.2) is 60.5 Å². The Hall–Kier alpha value is -2.11. The Labute approximate surface area is 160 Å². The quantitative estimate of drug-likeness (QED) is 0.808. The van der Waals surface area contributed by atoms with E-state index in [9.17, 15) is 4.79 Å². The molecule has 1 atom stereocenters. The van der Waals surface area contributed by atoms with E-state index in [2.05, 4.69) is 21.7 Å². The summed E-state index contributed by atoms with van der Waals surface area (Å²) in [5.74, 6) is 1.15. The number of aromatic nitrogens is 1. The molecule has 1 amide bonds. The Morgan fingerprint density at radius 1 is 1.15 bits per heavy atom. The summed E-state index contributed by atoms with van der Waals surface area (Å²) in [5.41, 5.74) is 1.16. The highest BCUT2D eigenvalue weighted by Crippen LogP contribution is 2.21. The Bertz CT molecular complexity index is 714. The van der Waals surface area contributed by atoms with Crippen molar-refractivity contribution in [3.63, 3.8) is 0 Å². The van der Waals surface area contributed by atoms with Crippen molar-refractivity contribution in [3.05, 3.63) is 59.2 Å². The lowest BCUT2D eigenvalue weighted by Crippen LogP contribution is -2.51. The molecule has 138 valence electrons. The Morgan fingerprint density at radius 2 is 1.85 bits per heavy atom. The number of hydrogen-bond acceptors (Lipinski definition) is 4. The van der Waals surface area contributed by atoms with E-state index >= 15 is 0 Å². The van der Waals surface area contributed by atoms with Gasteiger partial charge in [0.25, 0.3) is 0 Å². The van der Waals surface area contributed by atoms with E-state index in [0.717, 1.165) is 42.6 Å². The zero-order chi connectivity index (χ0) is 18.5. The average Bonchev–Trinajstić information content (AvgIpc) is 2.68. The number of amides is 1. The first-order valence-corrected chi connectivity index (χ1v) is 9.32. The minimum absolute atomic E-state index is 0.158. The summed E-state index contributed by atoms with van der Waals surface area (Å²) in [7, 11) is 1.99. The average molecular weight is 373 g/mol. The molecular formula is C20H25ClN4O. The summed E-state index contributed by atoms with van der Waals surface area (Å²) in [6.07, 6.45) is 1.81. The number of rotatable bonds is 5. The third-order valence-electron chi connectivity index (χ3n) is 5.00.